The minimum absolute atomic E-state index is 0.123. The molecular weight excluding hydrogens is 433 g/mol. The SMILES string of the molecule is O=C(COC[C@@H]1CC[C@H]2[C@H](CCN2Cc2ccoc2)O1)N1CCCC1.O=C(O)C(F)(F)F. The van der Waals surface area contributed by atoms with E-state index in [1.165, 1.54) is 5.56 Å². The zero-order valence-corrected chi connectivity index (χ0v) is 17.8. The fourth-order valence-corrected chi connectivity index (χ4v) is 4.36. The Morgan fingerprint density at radius 1 is 1.16 bits per heavy atom. The second kappa shape index (κ2) is 11.2. The third-order valence-electron chi connectivity index (χ3n) is 5.95. The second-order valence-corrected chi connectivity index (χ2v) is 8.24. The fourth-order valence-electron chi connectivity index (χ4n) is 4.36. The normalized spacial score (nSPS) is 25.8. The first-order chi connectivity index (χ1) is 15.2. The molecule has 1 aromatic rings. The van der Waals surface area contributed by atoms with E-state index in [-0.39, 0.29) is 18.6 Å². The van der Waals surface area contributed by atoms with Gasteiger partial charge in [-0.05, 0) is 38.2 Å². The minimum Gasteiger partial charge on any atom is -0.475 e. The number of carbonyl (C=O) groups excluding carboxylic acids is 1. The van der Waals surface area contributed by atoms with E-state index in [2.05, 4.69) is 4.90 Å². The molecular formula is C21H29F3N2O6. The van der Waals surface area contributed by atoms with Crippen LogP contribution in [0.5, 0.6) is 0 Å². The highest BCUT2D eigenvalue weighted by Crippen LogP contribution is 2.32. The third-order valence-corrected chi connectivity index (χ3v) is 5.95. The van der Waals surface area contributed by atoms with Crippen molar-refractivity contribution in [2.24, 2.45) is 0 Å². The van der Waals surface area contributed by atoms with E-state index in [1.807, 2.05) is 17.2 Å². The number of carboxylic acids is 1. The average molecular weight is 462 g/mol. The fraction of sp³-hybridized carbons (Fsp3) is 0.714. The summed E-state index contributed by atoms with van der Waals surface area (Å²) < 4.78 is 48.8. The van der Waals surface area contributed by atoms with Gasteiger partial charge in [0.05, 0.1) is 31.3 Å². The summed E-state index contributed by atoms with van der Waals surface area (Å²) in [6.45, 7) is 4.51. The standard InChI is InChI=1S/C19H28N2O4.C2HF3O2/c22-19(20-7-1-2-8-20)14-24-13-16-3-4-17-18(25-16)5-9-21(17)11-15-6-10-23-12-15;3-2(4,5)1(6)7/h6,10,12,16-18H,1-5,7-9,11,13-14H2;(H,6,7)/t16-,17-,18-;/m0./s1. The Kier molecular flexibility index (Phi) is 8.55. The summed E-state index contributed by atoms with van der Waals surface area (Å²) in [6.07, 6.45) is 4.35. The molecule has 3 fully saturated rings. The van der Waals surface area contributed by atoms with Crippen molar-refractivity contribution in [2.75, 3.05) is 32.8 Å². The molecule has 4 rings (SSSR count). The van der Waals surface area contributed by atoms with Gasteiger partial charge in [0.15, 0.2) is 0 Å². The van der Waals surface area contributed by atoms with Crippen molar-refractivity contribution in [3.8, 4) is 0 Å². The van der Waals surface area contributed by atoms with E-state index in [4.69, 9.17) is 23.8 Å². The van der Waals surface area contributed by atoms with Crippen LogP contribution in [0.25, 0.3) is 0 Å². The molecule has 11 heteroatoms. The quantitative estimate of drug-likeness (QED) is 0.695. The predicted molar refractivity (Wildman–Crippen MR) is 106 cm³/mol. The molecule has 1 amide bonds. The Labute approximate surface area is 184 Å². The monoisotopic (exact) mass is 462 g/mol. The molecule has 0 radical (unpaired) electrons. The number of hydrogen-bond donors (Lipinski definition) is 1. The van der Waals surface area contributed by atoms with Crippen molar-refractivity contribution in [3.05, 3.63) is 24.2 Å². The van der Waals surface area contributed by atoms with E-state index >= 15 is 0 Å². The number of amides is 1. The summed E-state index contributed by atoms with van der Waals surface area (Å²) in [6, 6.07) is 2.53. The van der Waals surface area contributed by atoms with E-state index < -0.39 is 12.1 Å². The number of halogens is 3. The van der Waals surface area contributed by atoms with E-state index in [0.717, 1.165) is 58.3 Å². The predicted octanol–water partition coefficient (Wildman–Crippen LogP) is 2.67. The molecule has 180 valence electrons. The maximum atomic E-state index is 12.0. The average Bonchev–Trinajstić information content (AvgIpc) is 3.51. The lowest BCUT2D eigenvalue weighted by molar-refractivity contribution is -0.192. The molecule has 4 heterocycles. The Hall–Kier alpha value is -2.11. The Morgan fingerprint density at radius 3 is 2.50 bits per heavy atom. The largest absolute Gasteiger partial charge is 0.490 e. The van der Waals surface area contributed by atoms with Gasteiger partial charge in [-0.3, -0.25) is 9.69 Å². The summed E-state index contributed by atoms with van der Waals surface area (Å²) in [5.74, 6) is -2.63. The number of rotatable bonds is 6. The van der Waals surface area contributed by atoms with Gasteiger partial charge >= 0.3 is 12.1 Å². The molecule has 3 saturated heterocycles. The lowest BCUT2D eigenvalue weighted by atomic mass is 9.99. The molecule has 0 unspecified atom stereocenters. The Bertz CT molecular complexity index is 736. The first-order valence-electron chi connectivity index (χ1n) is 10.8. The molecule has 1 N–H and O–H groups in total. The van der Waals surface area contributed by atoms with Crippen LogP contribution in [0, 0.1) is 0 Å². The zero-order chi connectivity index (χ0) is 23.1. The number of furan rings is 1. The topological polar surface area (TPSA) is 92.5 Å². The van der Waals surface area contributed by atoms with Gasteiger partial charge in [0.2, 0.25) is 5.91 Å². The van der Waals surface area contributed by atoms with Crippen LogP contribution in [0.15, 0.2) is 23.0 Å². The number of nitrogens with zero attached hydrogens (tertiary/aromatic N) is 2. The highest BCUT2D eigenvalue weighted by atomic mass is 19.4. The number of aliphatic carboxylic acids is 1. The van der Waals surface area contributed by atoms with Gasteiger partial charge < -0.3 is 23.9 Å². The Morgan fingerprint density at radius 2 is 1.88 bits per heavy atom. The number of fused-ring (bicyclic) bond motifs is 1. The molecule has 8 nitrogen and oxygen atoms in total. The lowest BCUT2D eigenvalue weighted by Gasteiger charge is -2.35. The van der Waals surface area contributed by atoms with Gasteiger partial charge in [0.25, 0.3) is 0 Å². The maximum absolute atomic E-state index is 12.0. The van der Waals surface area contributed by atoms with Gasteiger partial charge in [-0.1, -0.05) is 0 Å². The van der Waals surface area contributed by atoms with Crippen LogP contribution in [-0.4, -0.2) is 84.1 Å². The van der Waals surface area contributed by atoms with Crippen molar-refractivity contribution < 1.29 is 41.8 Å². The third kappa shape index (κ3) is 6.94. The summed E-state index contributed by atoms with van der Waals surface area (Å²) in [5, 5.41) is 7.12. The highest BCUT2D eigenvalue weighted by molar-refractivity contribution is 5.77. The van der Waals surface area contributed by atoms with Gasteiger partial charge in [0.1, 0.15) is 6.61 Å². The van der Waals surface area contributed by atoms with Crippen molar-refractivity contribution in [2.45, 2.75) is 63.1 Å². The number of likely N-dealkylation sites (tertiary alicyclic amines) is 2. The highest BCUT2D eigenvalue weighted by Gasteiger charge is 2.40. The molecule has 32 heavy (non-hydrogen) atoms. The van der Waals surface area contributed by atoms with Crippen molar-refractivity contribution in [1.29, 1.82) is 0 Å². The first kappa shape index (κ1) is 24.5. The summed E-state index contributed by atoms with van der Waals surface area (Å²) in [5.41, 5.74) is 1.23. The number of hydrogen-bond acceptors (Lipinski definition) is 6. The van der Waals surface area contributed by atoms with E-state index in [1.54, 1.807) is 6.26 Å². The first-order valence-corrected chi connectivity index (χ1v) is 10.8. The zero-order valence-electron chi connectivity index (χ0n) is 17.8. The smallest absolute Gasteiger partial charge is 0.475 e. The molecule has 3 atom stereocenters. The molecule has 0 bridgehead atoms. The Balaban J connectivity index is 0.000000360. The van der Waals surface area contributed by atoms with Crippen LogP contribution in [0.2, 0.25) is 0 Å². The number of alkyl halides is 3. The number of ether oxygens (including phenoxy) is 2. The van der Waals surface area contributed by atoms with Crippen molar-refractivity contribution >= 4 is 11.9 Å². The van der Waals surface area contributed by atoms with Crippen molar-refractivity contribution in [1.82, 2.24) is 9.80 Å². The van der Waals surface area contributed by atoms with E-state index in [9.17, 15) is 18.0 Å². The van der Waals surface area contributed by atoms with Gasteiger partial charge in [-0.2, -0.15) is 13.2 Å². The molecule has 0 aliphatic carbocycles. The lowest BCUT2D eigenvalue weighted by Crippen LogP contribution is -2.43. The second-order valence-electron chi connectivity index (χ2n) is 8.24. The van der Waals surface area contributed by atoms with Gasteiger partial charge in [-0.25, -0.2) is 4.79 Å². The molecule has 0 saturated carbocycles. The van der Waals surface area contributed by atoms with E-state index in [0.29, 0.717) is 18.8 Å². The number of carbonyl (C=O) groups is 2. The van der Waals surface area contributed by atoms with Crippen LogP contribution in [-0.2, 0) is 25.6 Å². The van der Waals surface area contributed by atoms with Gasteiger partial charge in [-0.15, -0.1) is 0 Å². The molecule has 0 aromatic carbocycles. The maximum Gasteiger partial charge on any atom is 0.490 e. The van der Waals surface area contributed by atoms with Gasteiger partial charge in [0, 0.05) is 37.8 Å². The molecule has 1 aromatic heterocycles. The summed E-state index contributed by atoms with van der Waals surface area (Å²) in [4.78, 5) is 25.3. The summed E-state index contributed by atoms with van der Waals surface area (Å²) in [7, 11) is 0. The summed E-state index contributed by atoms with van der Waals surface area (Å²) >= 11 is 0. The van der Waals surface area contributed by atoms with Crippen LogP contribution in [0.4, 0.5) is 13.2 Å². The van der Waals surface area contributed by atoms with Crippen LogP contribution in [0.1, 0.15) is 37.7 Å². The van der Waals surface area contributed by atoms with Crippen molar-refractivity contribution in [3.63, 3.8) is 0 Å². The molecule has 3 aliphatic rings. The van der Waals surface area contributed by atoms with Crippen LogP contribution >= 0.6 is 0 Å². The van der Waals surface area contributed by atoms with Crippen LogP contribution < -0.4 is 0 Å². The molecule has 3 aliphatic heterocycles. The van der Waals surface area contributed by atoms with Crippen LogP contribution in [0.3, 0.4) is 0 Å². The number of carboxylic acid groups (broad SMARTS) is 1. The molecule has 0 spiro atoms. The minimum atomic E-state index is -5.08.